The van der Waals surface area contributed by atoms with Crippen LogP contribution in [0.5, 0.6) is 0 Å². The molecule has 0 spiro atoms. The van der Waals surface area contributed by atoms with E-state index in [0.29, 0.717) is 11.6 Å². The molecule has 0 saturated heterocycles. The normalized spacial score (nSPS) is 15.3. The summed E-state index contributed by atoms with van der Waals surface area (Å²) in [6.07, 6.45) is 2.20. The summed E-state index contributed by atoms with van der Waals surface area (Å²) < 4.78 is 0.813. The summed E-state index contributed by atoms with van der Waals surface area (Å²) in [6.45, 7) is 0. The smallest absolute Gasteiger partial charge is 0.252 e. The van der Waals surface area contributed by atoms with Crippen LogP contribution < -0.4 is 5.32 Å². The maximum Gasteiger partial charge on any atom is 0.252 e. The molecule has 1 saturated carbocycles. The van der Waals surface area contributed by atoms with Crippen molar-refractivity contribution >= 4 is 34.5 Å². The van der Waals surface area contributed by atoms with Crippen molar-refractivity contribution in [2.75, 3.05) is 0 Å². The summed E-state index contributed by atoms with van der Waals surface area (Å²) in [5, 5.41) is 2.94. The molecule has 1 amide bonds. The Kier molecular flexibility index (Phi) is 2.83. The van der Waals surface area contributed by atoms with Gasteiger partial charge in [0.1, 0.15) is 0 Å². The fraction of sp³-hybridized carbons (Fsp3) is 0.300. The number of hydrogen-bond donors (Lipinski definition) is 2. The molecule has 1 aliphatic carbocycles. The second-order valence-electron chi connectivity index (χ2n) is 3.41. The van der Waals surface area contributed by atoms with Crippen molar-refractivity contribution in [3.8, 4) is 0 Å². The van der Waals surface area contributed by atoms with Crippen LogP contribution in [-0.2, 0) is 0 Å². The SMILES string of the molecule is O=C(NC1CC1)c1cc(S)ccc1Br. The van der Waals surface area contributed by atoms with Gasteiger partial charge in [-0.05, 0) is 47.0 Å². The number of nitrogens with one attached hydrogen (secondary N) is 1. The third-order valence-electron chi connectivity index (χ3n) is 2.11. The average Bonchev–Trinajstić information content (AvgIpc) is 2.93. The lowest BCUT2D eigenvalue weighted by Crippen LogP contribution is -2.25. The highest BCUT2D eigenvalue weighted by atomic mass is 79.9. The van der Waals surface area contributed by atoms with E-state index in [9.17, 15) is 4.79 Å². The maximum absolute atomic E-state index is 11.7. The van der Waals surface area contributed by atoms with Crippen LogP contribution in [0.3, 0.4) is 0 Å². The van der Waals surface area contributed by atoms with E-state index in [4.69, 9.17) is 0 Å². The Bertz CT molecular complexity index is 376. The van der Waals surface area contributed by atoms with Gasteiger partial charge in [0, 0.05) is 15.4 Å². The van der Waals surface area contributed by atoms with Gasteiger partial charge in [-0.25, -0.2) is 0 Å². The van der Waals surface area contributed by atoms with E-state index < -0.39 is 0 Å². The van der Waals surface area contributed by atoms with Crippen molar-refractivity contribution < 1.29 is 4.79 Å². The zero-order valence-electron chi connectivity index (χ0n) is 7.46. The fourth-order valence-corrected chi connectivity index (χ4v) is 1.81. The molecular formula is C10H10BrNOS. The van der Waals surface area contributed by atoms with Gasteiger partial charge >= 0.3 is 0 Å². The van der Waals surface area contributed by atoms with Crippen molar-refractivity contribution in [1.29, 1.82) is 0 Å². The number of carbonyl (C=O) groups is 1. The van der Waals surface area contributed by atoms with Crippen LogP contribution >= 0.6 is 28.6 Å². The minimum Gasteiger partial charge on any atom is -0.349 e. The van der Waals surface area contributed by atoms with Gasteiger partial charge in [0.2, 0.25) is 0 Å². The van der Waals surface area contributed by atoms with Crippen molar-refractivity contribution in [2.24, 2.45) is 0 Å². The second kappa shape index (κ2) is 3.95. The largest absolute Gasteiger partial charge is 0.349 e. The van der Waals surface area contributed by atoms with Gasteiger partial charge in [-0.1, -0.05) is 0 Å². The van der Waals surface area contributed by atoms with Gasteiger partial charge in [-0.15, -0.1) is 12.6 Å². The van der Waals surface area contributed by atoms with Crippen LogP contribution in [-0.4, -0.2) is 11.9 Å². The van der Waals surface area contributed by atoms with Crippen molar-refractivity contribution in [2.45, 2.75) is 23.8 Å². The Hall–Kier alpha value is -0.480. The monoisotopic (exact) mass is 271 g/mol. The molecular weight excluding hydrogens is 262 g/mol. The number of halogens is 1. The minimum atomic E-state index is -0.0183. The first-order valence-electron chi connectivity index (χ1n) is 4.46. The van der Waals surface area contributed by atoms with Crippen molar-refractivity contribution in [3.05, 3.63) is 28.2 Å². The fourth-order valence-electron chi connectivity index (χ4n) is 1.18. The minimum absolute atomic E-state index is 0.0183. The van der Waals surface area contributed by atoms with Gasteiger partial charge in [0.15, 0.2) is 0 Å². The standard InChI is InChI=1S/C10H10BrNOS/c11-9-4-3-7(14)5-8(9)10(13)12-6-1-2-6/h3-6,14H,1-2H2,(H,12,13). The number of carbonyl (C=O) groups excluding carboxylic acids is 1. The zero-order valence-corrected chi connectivity index (χ0v) is 9.94. The third kappa shape index (κ3) is 2.30. The first-order chi connectivity index (χ1) is 6.66. The Morgan fingerprint density at radius 3 is 2.86 bits per heavy atom. The average molecular weight is 272 g/mol. The highest BCUT2D eigenvalue weighted by Gasteiger charge is 2.24. The molecule has 0 bridgehead atoms. The summed E-state index contributed by atoms with van der Waals surface area (Å²) in [5.74, 6) is -0.0183. The Labute approximate surface area is 96.6 Å². The van der Waals surface area contributed by atoms with E-state index in [-0.39, 0.29) is 5.91 Å². The van der Waals surface area contributed by atoms with Crippen LogP contribution in [0.4, 0.5) is 0 Å². The van der Waals surface area contributed by atoms with E-state index in [1.165, 1.54) is 0 Å². The molecule has 0 atom stereocenters. The number of amides is 1. The molecule has 0 heterocycles. The number of benzene rings is 1. The summed E-state index contributed by atoms with van der Waals surface area (Å²) in [6, 6.07) is 5.84. The Morgan fingerprint density at radius 2 is 2.21 bits per heavy atom. The van der Waals surface area contributed by atoms with Gasteiger partial charge < -0.3 is 5.32 Å². The molecule has 0 aliphatic heterocycles. The molecule has 1 aliphatic rings. The first kappa shape index (κ1) is 10.1. The molecule has 1 aromatic rings. The van der Waals surface area contributed by atoms with Crippen molar-refractivity contribution in [1.82, 2.24) is 5.32 Å². The summed E-state index contributed by atoms with van der Waals surface area (Å²) in [5.41, 5.74) is 0.657. The molecule has 2 nitrogen and oxygen atoms in total. The number of hydrogen-bond acceptors (Lipinski definition) is 2. The molecule has 2 rings (SSSR count). The molecule has 4 heteroatoms. The topological polar surface area (TPSA) is 29.1 Å². The number of thiol groups is 1. The predicted octanol–water partition coefficient (Wildman–Crippen LogP) is 2.63. The summed E-state index contributed by atoms with van der Waals surface area (Å²) >= 11 is 7.55. The van der Waals surface area contributed by atoms with E-state index in [1.54, 1.807) is 6.07 Å². The number of rotatable bonds is 2. The van der Waals surface area contributed by atoms with Gasteiger partial charge in [-0.3, -0.25) is 4.79 Å². The molecule has 0 radical (unpaired) electrons. The maximum atomic E-state index is 11.7. The lowest BCUT2D eigenvalue weighted by atomic mass is 10.2. The van der Waals surface area contributed by atoms with E-state index in [0.717, 1.165) is 22.2 Å². The van der Waals surface area contributed by atoms with Gasteiger partial charge in [0.25, 0.3) is 5.91 Å². The summed E-state index contributed by atoms with van der Waals surface area (Å²) in [4.78, 5) is 12.5. The molecule has 0 unspecified atom stereocenters. The Morgan fingerprint density at radius 1 is 1.50 bits per heavy atom. The van der Waals surface area contributed by atoms with Crippen molar-refractivity contribution in [3.63, 3.8) is 0 Å². The third-order valence-corrected chi connectivity index (χ3v) is 3.08. The highest BCUT2D eigenvalue weighted by molar-refractivity contribution is 9.10. The van der Waals surface area contributed by atoms with Crippen LogP contribution in [0.15, 0.2) is 27.6 Å². The van der Waals surface area contributed by atoms with E-state index >= 15 is 0 Å². The van der Waals surface area contributed by atoms with Crippen LogP contribution in [0.1, 0.15) is 23.2 Å². The van der Waals surface area contributed by atoms with Crippen LogP contribution in [0, 0.1) is 0 Å². The zero-order chi connectivity index (χ0) is 10.1. The highest BCUT2D eigenvalue weighted by Crippen LogP contribution is 2.23. The van der Waals surface area contributed by atoms with Gasteiger partial charge in [-0.2, -0.15) is 0 Å². The Balaban J connectivity index is 2.20. The van der Waals surface area contributed by atoms with Crippen LogP contribution in [0.25, 0.3) is 0 Å². The molecule has 1 aromatic carbocycles. The molecule has 14 heavy (non-hydrogen) atoms. The second-order valence-corrected chi connectivity index (χ2v) is 4.78. The molecule has 0 aromatic heterocycles. The molecule has 1 N–H and O–H groups in total. The quantitative estimate of drug-likeness (QED) is 0.796. The molecule has 74 valence electrons. The van der Waals surface area contributed by atoms with Gasteiger partial charge in [0.05, 0.1) is 5.56 Å². The summed E-state index contributed by atoms with van der Waals surface area (Å²) in [7, 11) is 0. The lowest BCUT2D eigenvalue weighted by molar-refractivity contribution is 0.0950. The van der Waals surface area contributed by atoms with E-state index in [2.05, 4.69) is 33.9 Å². The van der Waals surface area contributed by atoms with E-state index in [1.807, 2.05) is 12.1 Å². The lowest BCUT2D eigenvalue weighted by Gasteiger charge is -2.05. The first-order valence-corrected chi connectivity index (χ1v) is 5.70. The predicted molar refractivity (Wildman–Crippen MR) is 61.9 cm³/mol. The van der Waals surface area contributed by atoms with Crippen LogP contribution in [0.2, 0.25) is 0 Å². The molecule has 1 fully saturated rings.